The average Bonchev–Trinajstić information content (AvgIpc) is 2.49. The fourth-order valence-electron chi connectivity index (χ4n) is 2.65. The SMILES string of the molecule is Cc1cc(C)c2c(c1)S(=O)C1CC=CC=C1C=C2. The number of hydrogen-bond donors (Lipinski definition) is 0. The minimum atomic E-state index is -0.952. The third kappa shape index (κ3) is 1.81. The number of benzene rings is 1. The van der Waals surface area contributed by atoms with Gasteiger partial charge in [0, 0.05) is 4.90 Å². The molecule has 0 N–H and O–H groups in total. The van der Waals surface area contributed by atoms with Gasteiger partial charge in [0.25, 0.3) is 0 Å². The van der Waals surface area contributed by atoms with E-state index in [9.17, 15) is 4.21 Å². The highest BCUT2D eigenvalue weighted by atomic mass is 32.2. The molecule has 3 rings (SSSR count). The summed E-state index contributed by atoms with van der Waals surface area (Å²) in [7, 11) is -0.952. The summed E-state index contributed by atoms with van der Waals surface area (Å²) < 4.78 is 12.8. The maximum Gasteiger partial charge on any atom is 0.0678 e. The molecule has 0 saturated heterocycles. The quantitative estimate of drug-likeness (QED) is 0.692. The van der Waals surface area contributed by atoms with Crippen molar-refractivity contribution in [1.29, 1.82) is 0 Å². The van der Waals surface area contributed by atoms with E-state index in [4.69, 9.17) is 0 Å². The Morgan fingerprint density at radius 3 is 2.89 bits per heavy atom. The van der Waals surface area contributed by atoms with Crippen molar-refractivity contribution in [3.63, 3.8) is 0 Å². The van der Waals surface area contributed by atoms with E-state index in [1.165, 1.54) is 16.7 Å². The molecule has 0 saturated carbocycles. The largest absolute Gasteiger partial charge is 0.254 e. The van der Waals surface area contributed by atoms with Gasteiger partial charge in [-0.25, -0.2) is 0 Å². The van der Waals surface area contributed by atoms with Gasteiger partial charge in [-0.3, -0.25) is 4.21 Å². The molecule has 0 fully saturated rings. The second-order valence-electron chi connectivity index (χ2n) is 4.94. The molecule has 0 amide bonds. The topological polar surface area (TPSA) is 17.1 Å². The van der Waals surface area contributed by atoms with Crippen molar-refractivity contribution in [2.45, 2.75) is 30.4 Å². The molecule has 0 aromatic heterocycles. The van der Waals surface area contributed by atoms with Gasteiger partial charge in [-0.05, 0) is 48.6 Å². The minimum Gasteiger partial charge on any atom is -0.254 e. The van der Waals surface area contributed by atoms with E-state index in [0.29, 0.717) is 0 Å². The molecule has 1 nitrogen and oxygen atoms in total. The van der Waals surface area contributed by atoms with Gasteiger partial charge in [-0.2, -0.15) is 0 Å². The predicted octanol–water partition coefficient (Wildman–Crippen LogP) is 3.69. The van der Waals surface area contributed by atoms with Crippen LogP contribution in [-0.4, -0.2) is 9.46 Å². The van der Waals surface area contributed by atoms with Crippen LogP contribution in [0.1, 0.15) is 23.1 Å². The summed E-state index contributed by atoms with van der Waals surface area (Å²) in [6.07, 6.45) is 11.4. The van der Waals surface area contributed by atoms with E-state index >= 15 is 0 Å². The van der Waals surface area contributed by atoms with Crippen LogP contribution in [0.3, 0.4) is 0 Å². The Kier molecular flexibility index (Phi) is 2.83. The van der Waals surface area contributed by atoms with Crippen LogP contribution in [0.2, 0.25) is 0 Å². The van der Waals surface area contributed by atoms with Gasteiger partial charge in [0.1, 0.15) is 0 Å². The van der Waals surface area contributed by atoms with Gasteiger partial charge in [-0.15, -0.1) is 0 Å². The second-order valence-corrected chi connectivity index (χ2v) is 6.55. The minimum absolute atomic E-state index is 0.119. The normalized spacial score (nSPS) is 25.1. The van der Waals surface area contributed by atoms with Crippen LogP contribution < -0.4 is 0 Å². The van der Waals surface area contributed by atoms with Crippen molar-refractivity contribution >= 4 is 16.9 Å². The average molecular weight is 256 g/mol. The lowest BCUT2D eigenvalue weighted by molar-refractivity contribution is 0.675. The summed E-state index contributed by atoms with van der Waals surface area (Å²) in [5.74, 6) is 0. The highest BCUT2D eigenvalue weighted by molar-refractivity contribution is 7.86. The number of fused-ring (bicyclic) bond motifs is 2. The molecular formula is C16H16OS. The van der Waals surface area contributed by atoms with E-state index in [-0.39, 0.29) is 5.25 Å². The number of rotatable bonds is 0. The van der Waals surface area contributed by atoms with Crippen molar-refractivity contribution < 1.29 is 4.21 Å². The Labute approximate surface area is 110 Å². The van der Waals surface area contributed by atoms with E-state index in [1.54, 1.807) is 0 Å². The molecule has 92 valence electrons. The van der Waals surface area contributed by atoms with Crippen LogP contribution in [0.4, 0.5) is 0 Å². The first-order valence-corrected chi connectivity index (χ1v) is 7.45. The molecule has 1 aliphatic heterocycles. The standard InChI is InChI=1S/C16H16OS/c1-11-9-12(2)14-8-7-13-5-3-4-6-15(13)18(17)16(14)10-11/h3-5,7-10,15H,6H2,1-2H3. The molecule has 1 aliphatic carbocycles. The summed E-state index contributed by atoms with van der Waals surface area (Å²) in [6.45, 7) is 4.16. The van der Waals surface area contributed by atoms with Gasteiger partial charge in [0.2, 0.25) is 0 Å². The molecule has 0 bridgehead atoms. The summed E-state index contributed by atoms with van der Waals surface area (Å²) in [6, 6.07) is 4.23. The van der Waals surface area contributed by atoms with Gasteiger partial charge in [-0.1, -0.05) is 36.4 Å². The molecule has 2 unspecified atom stereocenters. The van der Waals surface area contributed by atoms with E-state index in [1.807, 2.05) is 0 Å². The molecule has 2 atom stereocenters. The van der Waals surface area contributed by atoms with Crippen LogP contribution in [0.15, 0.2) is 46.9 Å². The summed E-state index contributed by atoms with van der Waals surface area (Å²) >= 11 is 0. The molecule has 1 aromatic rings. The van der Waals surface area contributed by atoms with Crippen LogP contribution in [0.5, 0.6) is 0 Å². The molecule has 0 radical (unpaired) electrons. The zero-order chi connectivity index (χ0) is 12.7. The monoisotopic (exact) mass is 256 g/mol. The molecule has 1 aromatic carbocycles. The first kappa shape index (κ1) is 11.7. The molecular weight excluding hydrogens is 240 g/mol. The number of allylic oxidation sites excluding steroid dienone is 4. The highest BCUT2D eigenvalue weighted by Crippen LogP contribution is 2.33. The fourth-order valence-corrected chi connectivity index (χ4v) is 4.40. The van der Waals surface area contributed by atoms with Crippen molar-refractivity contribution in [3.05, 3.63) is 58.7 Å². The molecule has 0 spiro atoms. The Morgan fingerprint density at radius 2 is 2.06 bits per heavy atom. The highest BCUT2D eigenvalue weighted by Gasteiger charge is 2.26. The zero-order valence-corrected chi connectivity index (χ0v) is 11.5. The maximum atomic E-state index is 12.8. The maximum absolute atomic E-state index is 12.8. The zero-order valence-electron chi connectivity index (χ0n) is 10.6. The molecule has 2 heteroatoms. The van der Waals surface area contributed by atoms with Gasteiger partial charge < -0.3 is 0 Å². The van der Waals surface area contributed by atoms with Crippen LogP contribution in [0, 0.1) is 13.8 Å². The number of hydrogen-bond acceptors (Lipinski definition) is 1. The van der Waals surface area contributed by atoms with Crippen molar-refractivity contribution in [2.75, 3.05) is 0 Å². The summed E-state index contributed by atoms with van der Waals surface area (Å²) in [5, 5.41) is 0.119. The number of aryl methyl sites for hydroxylation is 2. The molecule has 1 heterocycles. The predicted molar refractivity (Wildman–Crippen MR) is 77.0 cm³/mol. The van der Waals surface area contributed by atoms with E-state index in [2.05, 4.69) is 56.4 Å². The third-order valence-electron chi connectivity index (χ3n) is 3.56. The fraction of sp³-hybridized carbons (Fsp3) is 0.250. The Balaban J connectivity index is 2.21. The summed E-state index contributed by atoms with van der Waals surface area (Å²) in [4.78, 5) is 0.993. The van der Waals surface area contributed by atoms with Crippen molar-refractivity contribution in [3.8, 4) is 0 Å². The second kappa shape index (κ2) is 4.36. The Hall–Kier alpha value is -1.41. The Bertz CT molecular complexity index is 620. The Morgan fingerprint density at radius 1 is 1.22 bits per heavy atom. The van der Waals surface area contributed by atoms with E-state index in [0.717, 1.165) is 16.9 Å². The first-order valence-electron chi connectivity index (χ1n) is 6.23. The third-order valence-corrected chi connectivity index (χ3v) is 5.31. The molecule has 2 aliphatic rings. The van der Waals surface area contributed by atoms with Gasteiger partial charge in [0.15, 0.2) is 0 Å². The summed E-state index contributed by atoms with van der Waals surface area (Å²) in [5.41, 5.74) is 4.71. The smallest absolute Gasteiger partial charge is 0.0678 e. The first-order chi connectivity index (χ1) is 8.66. The van der Waals surface area contributed by atoms with Crippen LogP contribution >= 0.6 is 0 Å². The van der Waals surface area contributed by atoms with Gasteiger partial charge in [0.05, 0.1) is 16.0 Å². The van der Waals surface area contributed by atoms with Gasteiger partial charge >= 0.3 is 0 Å². The molecule has 18 heavy (non-hydrogen) atoms. The lowest BCUT2D eigenvalue weighted by Crippen LogP contribution is -2.17. The lowest BCUT2D eigenvalue weighted by Gasteiger charge is -2.18. The lowest BCUT2D eigenvalue weighted by atomic mass is 10.0. The van der Waals surface area contributed by atoms with Crippen molar-refractivity contribution in [2.24, 2.45) is 0 Å². The van der Waals surface area contributed by atoms with Crippen LogP contribution in [0.25, 0.3) is 6.08 Å². The van der Waals surface area contributed by atoms with Crippen LogP contribution in [-0.2, 0) is 10.8 Å². The van der Waals surface area contributed by atoms with Crippen molar-refractivity contribution in [1.82, 2.24) is 0 Å². The van der Waals surface area contributed by atoms with E-state index < -0.39 is 10.8 Å².